The lowest BCUT2D eigenvalue weighted by molar-refractivity contribution is -0.192. The van der Waals surface area contributed by atoms with Gasteiger partial charge in [0.05, 0.1) is 40.0 Å². The summed E-state index contributed by atoms with van der Waals surface area (Å²) in [6.07, 6.45) is 0.740. The summed E-state index contributed by atoms with van der Waals surface area (Å²) in [7, 11) is 0. The minimum atomic E-state index is -5.08. The van der Waals surface area contributed by atoms with Crippen LogP contribution in [-0.2, 0) is 9.59 Å². The first-order valence-electron chi connectivity index (χ1n) is 14.4. The lowest BCUT2D eigenvalue weighted by Crippen LogP contribution is -2.27. The van der Waals surface area contributed by atoms with Gasteiger partial charge in [0.15, 0.2) is 5.82 Å². The first kappa shape index (κ1) is 34.7. The third kappa shape index (κ3) is 7.77. The van der Waals surface area contributed by atoms with Crippen molar-refractivity contribution in [2.45, 2.75) is 38.4 Å². The molecule has 0 fully saturated rings. The first-order valence-corrected chi connectivity index (χ1v) is 14.8. The van der Waals surface area contributed by atoms with Gasteiger partial charge in [-0.1, -0.05) is 24.9 Å². The lowest BCUT2D eigenvalue weighted by atomic mass is 9.95. The smallest absolute Gasteiger partial charge is 0.475 e. The van der Waals surface area contributed by atoms with Crippen LogP contribution in [0, 0.1) is 17.6 Å². The molecule has 5 aromatic rings. The fourth-order valence-corrected chi connectivity index (χ4v) is 5.28. The second-order valence-electron chi connectivity index (χ2n) is 10.8. The molecule has 18 heteroatoms. The van der Waals surface area contributed by atoms with Crippen molar-refractivity contribution in [3.8, 4) is 28.1 Å². The van der Waals surface area contributed by atoms with Gasteiger partial charge in [-0.05, 0) is 71.3 Å². The number of hydrogen-bond donors (Lipinski definition) is 2. The van der Waals surface area contributed by atoms with Crippen LogP contribution in [0.4, 0.5) is 27.6 Å². The largest absolute Gasteiger partial charge is 0.490 e. The number of anilines is 1. The molecule has 49 heavy (non-hydrogen) atoms. The number of carbonyl (C=O) groups is 2. The molecule has 2 bridgehead atoms. The highest BCUT2D eigenvalue weighted by Gasteiger charge is 2.38. The van der Waals surface area contributed by atoms with Crippen LogP contribution in [0.5, 0.6) is 0 Å². The van der Waals surface area contributed by atoms with E-state index < -0.39 is 35.4 Å². The summed E-state index contributed by atoms with van der Waals surface area (Å²) >= 11 is 6.08. The predicted molar refractivity (Wildman–Crippen MR) is 165 cm³/mol. The number of aliphatic carboxylic acids is 1. The third-order valence-electron chi connectivity index (χ3n) is 7.57. The molecule has 2 atom stereocenters. The Bertz CT molecular complexity index is 2070. The number of tetrazole rings is 1. The van der Waals surface area contributed by atoms with Crippen LogP contribution in [0.1, 0.15) is 37.9 Å². The lowest BCUT2D eigenvalue weighted by Gasteiger charge is -2.23. The van der Waals surface area contributed by atoms with Crippen LogP contribution in [0.25, 0.3) is 28.1 Å². The number of nitrogens with zero attached hydrogens (tertiary/aromatic N) is 7. The van der Waals surface area contributed by atoms with Gasteiger partial charge in [-0.2, -0.15) is 17.9 Å². The summed E-state index contributed by atoms with van der Waals surface area (Å²) in [6, 6.07) is 11.2. The van der Waals surface area contributed by atoms with Crippen LogP contribution < -0.4 is 10.9 Å². The number of pyridine rings is 1. The molecule has 1 aliphatic heterocycles. The van der Waals surface area contributed by atoms with Crippen molar-refractivity contribution in [2.75, 3.05) is 5.32 Å². The molecule has 254 valence electrons. The molecule has 0 aliphatic carbocycles. The van der Waals surface area contributed by atoms with Gasteiger partial charge < -0.3 is 10.4 Å². The van der Waals surface area contributed by atoms with Crippen LogP contribution in [0.15, 0.2) is 72.2 Å². The van der Waals surface area contributed by atoms with Gasteiger partial charge in [-0.25, -0.2) is 18.6 Å². The van der Waals surface area contributed by atoms with Gasteiger partial charge >= 0.3 is 12.1 Å². The first-order chi connectivity index (χ1) is 23.2. The maximum atomic E-state index is 15.3. The van der Waals surface area contributed by atoms with Crippen molar-refractivity contribution < 1.29 is 36.6 Å². The van der Waals surface area contributed by atoms with Crippen LogP contribution in [0.3, 0.4) is 0 Å². The second kappa shape index (κ2) is 14.3. The van der Waals surface area contributed by atoms with Gasteiger partial charge in [0, 0.05) is 29.4 Å². The van der Waals surface area contributed by atoms with Crippen molar-refractivity contribution >= 4 is 29.2 Å². The maximum Gasteiger partial charge on any atom is 0.490 e. The number of carboxylic acid groups (broad SMARTS) is 1. The third-order valence-corrected chi connectivity index (χ3v) is 7.87. The second-order valence-corrected chi connectivity index (χ2v) is 11.2. The van der Waals surface area contributed by atoms with Crippen LogP contribution in [-0.4, -0.2) is 57.9 Å². The Hall–Kier alpha value is -5.58. The summed E-state index contributed by atoms with van der Waals surface area (Å²) in [4.78, 5) is 44.4. The van der Waals surface area contributed by atoms with Crippen molar-refractivity contribution in [3.05, 3.63) is 100 Å². The Balaban J connectivity index is 0.000000606. The number of carboxylic acids is 1. The number of rotatable bonds is 3. The van der Waals surface area contributed by atoms with E-state index in [0.717, 1.165) is 0 Å². The maximum absolute atomic E-state index is 15.3. The number of alkyl halides is 3. The number of benzene rings is 2. The fourth-order valence-electron chi connectivity index (χ4n) is 5.12. The van der Waals surface area contributed by atoms with Crippen molar-refractivity contribution in [1.29, 1.82) is 0 Å². The van der Waals surface area contributed by atoms with Crippen LogP contribution in [0.2, 0.25) is 5.02 Å². The number of hydrogen-bond acceptors (Lipinski definition) is 8. The summed E-state index contributed by atoms with van der Waals surface area (Å²) in [5.41, 5.74) is 1.97. The van der Waals surface area contributed by atoms with Gasteiger partial charge in [-0.15, -0.1) is 5.10 Å². The molecule has 6 rings (SSSR count). The molecule has 0 unspecified atom stereocenters. The summed E-state index contributed by atoms with van der Waals surface area (Å²) < 4.78 is 64.0. The number of halogens is 6. The highest BCUT2D eigenvalue weighted by atomic mass is 35.5. The Morgan fingerprint density at radius 2 is 1.78 bits per heavy atom. The molecule has 1 aliphatic rings. The zero-order valence-corrected chi connectivity index (χ0v) is 26.0. The molecule has 12 nitrogen and oxygen atoms in total. The highest BCUT2D eigenvalue weighted by Crippen LogP contribution is 2.35. The summed E-state index contributed by atoms with van der Waals surface area (Å²) in [5.74, 6) is -4.50. The predicted octanol–water partition coefficient (Wildman–Crippen LogP) is 5.86. The van der Waals surface area contributed by atoms with Gasteiger partial charge in [0.2, 0.25) is 5.91 Å². The summed E-state index contributed by atoms with van der Waals surface area (Å²) in [6.45, 7) is 1.82. The Kier molecular flexibility index (Phi) is 10.1. The van der Waals surface area contributed by atoms with E-state index >= 15 is 4.39 Å². The molecular formula is C31H24ClF5N8O4. The highest BCUT2D eigenvalue weighted by molar-refractivity contribution is 6.31. The Morgan fingerprint density at radius 1 is 1.02 bits per heavy atom. The zero-order valence-electron chi connectivity index (χ0n) is 25.2. The minimum absolute atomic E-state index is 0.0312. The standard InChI is InChI=1S/C29H23ClF2N8O2.C2HF3O2/c1-16-3-2-4-24(22-11-17(9-10-33-22)19-12-18(31)5-7-21(19)36-29(16)42)39-14-34-23(13-26(39)41)27-25(40-15-35-37-38-40)8-6-20(30)28(27)32;3-2(4,5)1(6)7/h5-16,24H,2-4H2,1H3,(H,36,42);(H,6,7)/t16-,24+;/m1./s1. The van der Waals surface area contributed by atoms with E-state index in [-0.39, 0.29) is 33.8 Å². The van der Waals surface area contributed by atoms with Crippen molar-refractivity contribution in [1.82, 2.24) is 34.7 Å². The number of nitrogens with one attached hydrogen (secondary N) is 1. The topological polar surface area (TPSA) is 158 Å². The van der Waals surface area contributed by atoms with E-state index in [9.17, 15) is 27.2 Å². The van der Waals surface area contributed by atoms with Gasteiger partial charge in [0.25, 0.3) is 5.56 Å². The molecule has 2 aromatic carbocycles. The normalized spacial score (nSPS) is 16.3. The average Bonchev–Trinajstić information content (AvgIpc) is 3.60. The average molecular weight is 703 g/mol. The Morgan fingerprint density at radius 3 is 2.45 bits per heavy atom. The van der Waals surface area contributed by atoms with Crippen molar-refractivity contribution in [2.24, 2.45) is 5.92 Å². The molecule has 2 N–H and O–H groups in total. The molecule has 0 saturated heterocycles. The Labute approximate surface area is 278 Å². The molecule has 0 saturated carbocycles. The van der Waals surface area contributed by atoms with Gasteiger partial charge in [0.1, 0.15) is 12.1 Å². The number of carbonyl (C=O) groups excluding carboxylic acids is 1. The quantitative estimate of drug-likeness (QED) is 0.220. The molecule has 4 heterocycles. The zero-order chi connectivity index (χ0) is 35.5. The summed E-state index contributed by atoms with van der Waals surface area (Å²) in [5, 5.41) is 20.9. The molecule has 3 aromatic heterocycles. The molecule has 0 spiro atoms. The van der Waals surface area contributed by atoms with E-state index in [4.69, 9.17) is 21.5 Å². The fraction of sp³-hybridized carbons (Fsp3) is 0.226. The number of aromatic nitrogens is 7. The molecule has 0 radical (unpaired) electrons. The van der Waals surface area contributed by atoms with Crippen LogP contribution >= 0.6 is 11.6 Å². The minimum Gasteiger partial charge on any atom is -0.475 e. The molecular weight excluding hydrogens is 679 g/mol. The van der Waals surface area contributed by atoms with E-state index in [1.54, 1.807) is 18.3 Å². The number of fused-ring (bicyclic) bond motifs is 4. The van der Waals surface area contributed by atoms with E-state index in [1.165, 1.54) is 58.3 Å². The van der Waals surface area contributed by atoms with Crippen molar-refractivity contribution in [3.63, 3.8) is 0 Å². The van der Waals surface area contributed by atoms with E-state index in [0.29, 0.717) is 41.8 Å². The number of amides is 1. The van der Waals surface area contributed by atoms with E-state index in [2.05, 4.69) is 30.8 Å². The van der Waals surface area contributed by atoms with E-state index in [1.807, 2.05) is 6.92 Å². The van der Waals surface area contributed by atoms with Gasteiger partial charge in [-0.3, -0.25) is 19.1 Å². The molecule has 1 amide bonds. The SMILES string of the molecule is C[C@@H]1CCC[C@H](n2cnc(-c3c(-n4cnnn4)ccc(Cl)c3F)cc2=O)c2cc(ccn2)-c2cc(F)ccc2NC1=O.O=C(O)C(F)(F)F. The monoisotopic (exact) mass is 702 g/mol.